The molecule has 0 bridgehead atoms. The van der Waals surface area contributed by atoms with Gasteiger partial charge in [-0.05, 0) is 110 Å². The average molecular weight is 537 g/mol. The Hall–Kier alpha value is -1.36. The fraction of sp³-hybridized carbons (Fsp3) is 0.781. The second kappa shape index (κ2) is 13.6. The van der Waals surface area contributed by atoms with E-state index in [1.165, 1.54) is 73.6 Å². The van der Waals surface area contributed by atoms with Crippen molar-refractivity contribution in [1.82, 2.24) is 0 Å². The van der Waals surface area contributed by atoms with Crippen LogP contribution in [-0.4, -0.2) is 33.9 Å². The molecule has 0 aromatic heterocycles. The van der Waals surface area contributed by atoms with E-state index < -0.39 is 16.3 Å². The van der Waals surface area contributed by atoms with E-state index in [0.717, 1.165) is 43.6 Å². The largest absolute Gasteiger partial charge is 0.487 e. The molecule has 2 rings (SSSR count). The predicted octanol–water partition coefficient (Wildman–Crippen LogP) is 9.62. The third kappa shape index (κ3) is 9.11. The predicted molar refractivity (Wildman–Crippen MR) is 161 cm³/mol. The molecule has 0 saturated carbocycles. The SMILES string of the molecule is Cc1c(C)c2c(c(C)c1OS(C)(C)C(C)(C)C)CC[C@@](C)(CCCCCCCCCCCCC(=O)O)O2. The summed E-state index contributed by atoms with van der Waals surface area (Å²) >= 11 is 0. The second-order valence-corrected chi connectivity index (χ2v) is 16.8. The Kier molecular flexibility index (Phi) is 11.7. The minimum Gasteiger partial charge on any atom is -0.487 e. The molecule has 0 fully saturated rings. The molecule has 214 valence electrons. The lowest BCUT2D eigenvalue weighted by molar-refractivity contribution is -0.137. The highest BCUT2D eigenvalue weighted by atomic mass is 32.3. The summed E-state index contributed by atoms with van der Waals surface area (Å²) in [5, 5.41) is 8.69. The molecule has 1 aromatic rings. The van der Waals surface area contributed by atoms with Crippen molar-refractivity contribution in [2.45, 2.75) is 149 Å². The maximum Gasteiger partial charge on any atom is 0.303 e. The zero-order chi connectivity index (χ0) is 27.9. The molecule has 37 heavy (non-hydrogen) atoms. The Labute approximate surface area is 229 Å². The molecule has 1 aromatic carbocycles. The fourth-order valence-corrected chi connectivity index (χ4v) is 6.02. The molecule has 0 spiro atoms. The van der Waals surface area contributed by atoms with Gasteiger partial charge in [-0.15, -0.1) is 0 Å². The summed E-state index contributed by atoms with van der Waals surface area (Å²) in [4.78, 5) is 10.5. The van der Waals surface area contributed by atoms with Gasteiger partial charge in [0.1, 0.15) is 17.1 Å². The number of rotatable bonds is 15. The molecule has 1 aliphatic heterocycles. The van der Waals surface area contributed by atoms with Crippen LogP contribution in [0.4, 0.5) is 0 Å². The molecule has 5 heteroatoms. The minimum atomic E-state index is -1.25. The van der Waals surface area contributed by atoms with Crippen molar-refractivity contribution in [2.24, 2.45) is 0 Å². The van der Waals surface area contributed by atoms with Gasteiger partial charge >= 0.3 is 5.97 Å². The van der Waals surface area contributed by atoms with Crippen molar-refractivity contribution in [3.05, 3.63) is 22.3 Å². The van der Waals surface area contributed by atoms with Gasteiger partial charge in [0.15, 0.2) is 0 Å². The maximum absolute atomic E-state index is 10.5. The zero-order valence-electron chi connectivity index (χ0n) is 25.5. The van der Waals surface area contributed by atoms with Gasteiger partial charge in [-0.3, -0.25) is 4.79 Å². The average Bonchev–Trinajstić information content (AvgIpc) is 2.80. The summed E-state index contributed by atoms with van der Waals surface area (Å²) < 4.78 is 13.7. The quantitative estimate of drug-likeness (QED) is 0.227. The van der Waals surface area contributed by atoms with Crippen molar-refractivity contribution in [3.63, 3.8) is 0 Å². The first-order chi connectivity index (χ1) is 17.2. The summed E-state index contributed by atoms with van der Waals surface area (Å²) in [6.07, 6.45) is 20.1. The van der Waals surface area contributed by atoms with Gasteiger partial charge in [0.05, 0.1) is 0 Å². The Morgan fingerprint density at radius 2 is 1.41 bits per heavy atom. The van der Waals surface area contributed by atoms with Crippen LogP contribution < -0.4 is 8.92 Å². The van der Waals surface area contributed by atoms with Crippen LogP contribution in [0.15, 0.2) is 0 Å². The summed E-state index contributed by atoms with van der Waals surface area (Å²) in [6, 6.07) is 0. The summed E-state index contributed by atoms with van der Waals surface area (Å²) in [7, 11) is -1.25. The number of fused-ring (bicyclic) bond motifs is 1. The Bertz CT molecular complexity index is 899. The van der Waals surface area contributed by atoms with Crippen molar-refractivity contribution >= 4 is 16.3 Å². The van der Waals surface area contributed by atoms with Gasteiger partial charge in [0.25, 0.3) is 0 Å². The Balaban J connectivity index is 1.82. The van der Waals surface area contributed by atoms with E-state index in [0.29, 0.717) is 6.42 Å². The second-order valence-electron chi connectivity index (χ2n) is 12.9. The highest BCUT2D eigenvalue weighted by molar-refractivity contribution is 8.30. The molecule has 0 saturated heterocycles. The van der Waals surface area contributed by atoms with E-state index in [1.807, 2.05) is 0 Å². The normalized spacial score (nSPS) is 18.3. The molecule has 1 heterocycles. The summed E-state index contributed by atoms with van der Waals surface area (Å²) in [6.45, 7) is 15.8. The highest BCUT2D eigenvalue weighted by Crippen LogP contribution is 2.56. The van der Waals surface area contributed by atoms with Gasteiger partial charge in [-0.2, -0.15) is 0 Å². The lowest BCUT2D eigenvalue weighted by Crippen LogP contribution is -2.37. The molecular weight excluding hydrogens is 480 g/mol. The van der Waals surface area contributed by atoms with Crippen LogP contribution in [0.5, 0.6) is 11.5 Å². The van der Waals surface area contributed by atoms with Crippen LogP contribution in [0.2, 0.25) is 0 Å². The van der Waals surface area contributed by atoms with E-state index in [-0.39, 0.29) is 10.3 Å². The Morgan fingerprint density at radius 3 is 1.92 bits per heavy atom. The van der Waals surface area contributed by atoms with Crippen LogP contribution in [0.1, 0.15) is 133 Å². The van der Waals surface area contributed by atoms with Crippen LogP contribution in [0.3, 0.4) is 0 Å². The molecule has 0 radical (unpaired) electrons. The molecular formula is C32H56O4S. The van der Waals surface area contributed by atoms with Crippen LogP contribution >= 0.6 is 10.3 Å². The van der Waals surface area contributed by atoms with Gasteiger partial charge < -0.3 is 14.0 Å². The number of unbranched alkanes of at least 4 members (excludes halogenated alkanes) is 9. The van der Waals surface area contributed by atoms with Crippen LogP contribution in [-0.2, 0) is 11.2 Å². The molecule has 0 unspecified atom stereocenters. The first-order valence-electron chi connectivity index (χ1n) is 14.6. The first-order valence-corrected chi connectivity index (χ1v) is 17.0. The molecule has 0 amide bonds. The number of ether oxygens (including phenoxy) is 1. The monoisotopic (exact) mass is 536 g/mol. The third-order valence-corrected chi connectivity index (χ3v) is 12.2. The number of hydrogen-bond acceptors (Lipinski definition) is 3. The number of carboxylic acid groups (broad SMARTS) is 1. The summed E-state index contributed by atoms with van der Waals surface area (Å²) in [5.74, 6) is 1.53. The number of hydrogen-bond donors (Lipinski definition) is 1. The number of benzene rings is 1. The van der Waals surface area contributed by atoms with E-state index >= 15 is 0 Å². The standard InChI is InChI=1S/C32H56O4S/c1-24-25(2)30-27(26(3)29(24)36-37(8,9)31(4,5)6)21-23-32(7,35-30)22-19-17-15-13-11-10-12-14-16-18-20-28(33)34/h10-23H2,1-9H3,(H,33,34)/t32-/m1/s1. The lowest BCUT2D eigenvalue weighted by atomic mass is 9.84. The number of carboxylic acids is 1. The molecule has 4 nitrogen and oxygen atoms in total. The maximum atomic E-state index is 10.5. The zero-order valence-corrected chi connectivity index (χ0v) is 26.3. The molecule has 1 aliphatic rings. The smallest absolute Gasteiger partial charge is 0.303 e. The van der Waals surface area contributed by atoms with E-state index in [2.05, 4.69) is 61.0 Å². The van der Waals surface area contributed by atoms with Gasteiger partial charge in [-0.25, -0.2) is 0 Å². The lowest BCUT2D eigenvalue weighted by Gasteiger charge is -2.45. The van der Waals surface area contributed by atoms with E-state index in [1.54, 1.807) is 0 Å². The number of aliphatic carboxylic acids is 1. The van der Waals surface area contributed by atoms with Crippen LogP contribution in [0.25, 0.3) is 0 Å². The van der Waals surface area contributed by atoms with E-state index in [9.17, 15) is 4.79 Å². The van der Waals surface area contributed by atoms with Crippen molar-refractivity contribution < 1.29 is 18.8 Å². The van der Waals surface area contributed by atoms with Crippen molar-refractivity contribution in [2.75, 3.05) is 12.5 Å². The number of carbonyl (C=O) groups is 1. The van der Waals surface area contributed by atoms with E-state index in [4.69, 9.17) is 14.0 Å². The Morgan fingerprint density at radius 1 is 0.892 bits per heavy atom. The summed E-state index contributed by atoms with van der Waals surface area (Å²) in [5.41, 5.74) is 5.01. The first kappa shape index (κ1) is 31.9. The van der Waals surface area contributed by atoms with Crippen molar-refractivity contribution in [3.8, 4) is 11.5 Å². The van der Waals surface area contributed by atoms with Crippen molar-refractivity contribution in [1.29, 1.82) is 0 Å². The van der Waals surface area contributed by atoms with Crippen LogP contribution in [0, 0.1) is 20.8 Å². The van der Waals surface area contributed by atoms with Gasteiger partial charge in [0.2, 0.25) is 0 Å². The minimum absolute atomic E-state index is 0.0785. The molecule has 0 aliphatic carbocycles. The highest BCUT2D eigenvalue weighted by Gasteiger charge is 2.36. The third-order valence-electron chi connectivity index (χ3n) is 8.68. The molecule has 1 N–H and O–H groups in total. The topological polar surface area (TPSA) is 55.8 Å². The molecule has 1 atom stereocenters. The van der Waals surface area contributed by atoms with Gasteiger partial charge in [0, 0.05) is 16.7 Å². The fourth-order valence-electron chi connectivity index (χ4n) is 5.11. The van der Waals surface area contributed by atoms with Gasteiger partial charge in [-0.1, -0.05) is 61.7 Å².